The molecule has 0 aliphatic rings. The van der Waals surface area contributed by atoms with E-state index >= 15 is 0 Å². The maximum absolute atomic E-state index is 11.1. The Balaban J connectivity index is 2.13. The van der Waals surface area contributed by atoms with Gasteiger partial charge in [0.2, 0.25) is 0 Å². The lowest BCUT2D eigenvalue weighted by atomic mass is 10.2. The quantitative estimate of drug-likeness (QED) is 0.620. The van der Waals surface area contributed by atoms with E-state index in [2.05, 4.69) is 20.9 Å². The average Bonchev–Trinajstić information content (AvgIpc) is 2.45. The van der Waals surface area contributed by atoms with E-state index in [1.165, 1.54) is 6.07 Å². The molecule has 0 amide bonds. The molecule has 5 nitrogen and oxygen atoms in total. The molecule has 0 saturated heterocycles. The summed E-state index contributed by atoms with van der Waals surface area (Å²) >= 11 is 3.26. The van der Waals surface area contributed by atoms with Crippen molar-refractivity contribution in [3.63, 3.8) is 0 Å². The maximum Gasteiger partial charge on any atom is 0.293 e. The molecule has 1 aromatic carbocycles. The van der Waals surface area contributed by atoms with Crippen LogP contribution in [0.3, 0.4) is 0 Å². The first-order valence-electron chi connectivity index (χ1n) is 6.12. The molecule has 6 heteroatoms. The largest absolute Gasteiger partial charge is 0.369 e. The number of halogens is 1. The molecule has 1 heterocycles. The lowest BCUT2D eigenvalue weighted by molar-refractivity contribution is -0.384. The second-order valence-electron chi connectivity index (χ2n) is 4.42. The van der Waals surface area contributed by atoms with Crippen molar-refractivity contribution in [3.8, 4) is 0 Å². The Morgan fingerprint density at radius 1 is 1.30 bits per heavy atom. The van der Waals surface area contributed by atoms with Crippen LogP contribution in [-0.4, -0.2) is 23.5 Å². The summed E-state index contributed by atoms with van der Waals surface area (Å²) in [5, 5.41) is 11.1. The average molecular weight is 336 g/mol. The van der Waals surface area contributed by atoms with Gasteiger partial charge >= 0.3 is 0 Å². The van der Waals surface area contributed by atoms with Crippen molar-refractivity contribution in [1.29, 1.82) is 0 Å². The third kappa shape index (κ3) is 3.54. The number of hydrogen-bond donors (Lipinski definition) is 0. The van der Waals surface area contributed by atoms with Crippen molar-refractivity contribution >= 4 is 27.3 Å². The van der Waals surface area contributed by atoms with Crippen molar-refractivity contribution in [2.24, 2.45) is 0 Å². The number of hydrogen-bond acceptors (Lipinski definition) is 4. The van der Waals surface area contributed by atoms with Gasteiger partial charge in [0.15, 0.2) is 0 Å². The van der Waals surface area contributed by atoms with Gasteiger partial charge in [-0.05, 0) is 36.2 Å². The highest BCUT2D eigenvalue weighted by molar-refractivity contribution is 9.10. The van der Waals surface area contributed by atoms with Crippen LogP contribution in [0.25, 0.3) is 0 Å². The normalized spacial score (nSPS) is 10.3. The third-order valence-corrected chi connectivity index (χ3v) is 3.52. The van der Waals surface area contributed by atoms with Crippen LogP contribution in [0.2, 0.25) is 0 Å². The van der Waals surface area contributed by atoms with Gasteiger partial charge in [-0.15, -0.1) is 0 Å². The van der Waals surface area contributed by atoms with Gasteiger partial charge in [-0.1, -0.05) is 15.9 Å². The number of aromatic nitrogens is 1. The lowest BCUT2D eigenvalue weighted by Gasteiger charge is -2.19. The molecule has 1 aromatic heterocycles. The highest BCUT2D eigenvalue weighted by Crippen LogP contribution is 2.30. The molecule has 0 fully saturated rings. The first-order valence-corrected chi connectivity index (χ1v) is 6.91. The lowest BCUT2D eigenvalue weighted by Crippen LogP contribution is -2.21. The number of anilines is 1. The molecule has 0 N–H and O–H groups in total. The number of nitro groups is 1. The van der Waals surface area contributed by atoms with Gasteiger partial charge in [0.25, 0.3) is 5.69 Å². The zero-order chi connectivity index (χ0) is 14.5. The number of rotatable bonds is 5. The number of benzene rings is 1. The molecule has 0 saturated carbocycles. The number of nitrogens with zero attached hydrogens (tertiary/aromatic N) is 3. The Hall–Kier alpha value is -1.95. The molecule has 0 unspecified atom stereocenters. The molecule has 2 aromatic rings. The Morgan fingerprint density at radius 3 is 2.65 bits per heavy atom. The zero-order valence-electron chi connectivity index (χ0n) is 11.0. The van der Waals surface area contributed by atoms with E-state index in [0.717, 1.165) is 12.0 Å². The summed E-state index contributed by atoms with van der Waals surface area (Å²) in [6.45, 7) is 0.701. The van der Waals surface area contributed by atoms with Gasteiger partial charge in [0.1, 0.15) is 5.69 Å². The predicted molar refractivity (Wildman–Crippen MR) is 82.0 cm³/mol. The van der Waals surface area contributed by atoms with E-state index in [-0.39, 0.29) is 10.6 Å². The minimum Gasteiger partial charge on any atom is -0.369 e. The fourth-order valence-electron chi connectivity index (χ4n) is 1.93. The molecular formula is C14H14BrN3O2. The van der Waals surface area contributed by atoms with Crippen LogP contribution in [-0.2, 0) is 6.42 Å². The first kappa shape index (κ1) is 14.5. The molecule has 0 atom stereocenters. The standard InChI is InChI=1S/C14H14BrN3O2/c1-17(9-6-11-4-7-16-8-5-11)13-3-2-12(15)10-14(13)18(19)20/h2-5,7-8,10H,6,9H2,1H3. The molecule has 20 heavy (non-hydrogen) atoms. The molecule has 0 radical (unpaired) electrons. The Labute approximate surface area is 125 Å². The summed E-state index contributed by atoms with van der Waals surface area (Å²) in [7, 11) is 1.86. The third-order valence-electron chi connectivity index (χ3n) is 3.03. The minimum absolute atomic E-state index is 0.108. The van der Waals surface area contributed by atoms with Gasteiger partial charge in [0, 0.05) is 36.5 Å². The smallest absolute Gasteiger partial charge is 0.293 e. The van der Waals surface area contributed by atoms with E-state index in [1.807, 2.05) is 30.1 Å². The van der Waals surface area contributed by atoms with Crippen molar-refractivity contribution in [2.45, 2.75) is 6.42 Å². The second-order valence-corrected chi connectivity index (χ2v) is 5.33. The monoisotopic (exact) mass is 335 g/mol. The summed E-state index contributed by atoms with van der Waals surface area (Å²) in [6.07, 6.45) is 4.31. The van der Waals surface area contributed by atoms with E-state index in [4.69, 9.17) is 0 Å². The van der Waals surface area contributed by atoms with E-state index in [0.29, 0.717) is 16.7 Å². The number of nitro benzene ring substituents is 1. The topological polar surface area (TPSA) is 59.3 Å². The summed E-state index contributed by atoms with van der Waals surface area (Å²) in [4.78, 5) is 16.6. The fraction of sp³-hybridized carbons (Fsp3) is 0.214. The molecule has 0 bridgehead atoms. The molecule has 0 aliphatic carbocycles. The second kappa shape index (κ2) is 6.47. The SMILES string of the molecule is CN(CCc1ccncc1)c1ccc(Br)cc1[N+](=O)[O-]. The van der Waals surface area contributed by atoms with E-state index in [1.54, 1.807) is 18.5 Å². The van der Waals surface area contributed by atoms with Crippen molar-refractivity contribution in [3.05, 3.63) is 62.9 Å². The maximum atomic E-state index is 11.1. The van der Waals surface area contributed by atoms with Crippen molar-refractivity contribution < 1.29 is 4.92 Å². The summed E-state index contributed by atoms with van der Waals surface area (Å²) in [5.74, 6) is 0. The summed E-state index contributed by atoms with van der Waals surface area (Å²) in [5.41, 5.74) is 1.88. The van der Waals surface area contributed by atoms with E-state index < -0.39 is 0 Å². The molecule has 0 spiro atoms. The number of pyridine rings is 1. The van der Waals surface area contributed by atoms with Gasteiger partial charge in [-0.2, -0.15) is 0 Å². The molecule has 2 rings (SSSR count). The minimum atomic E-state index is -0.358. The van der Waals surface area contributed by atoms with Gasteiger partial charge in [-0.25, -0.2) is 0 Å². The Kier molecular flexibility index (Phi) is 4.68. The molecule has 104 valence electrons. The van der Waals surface area contributed by atoms with Gasteiger partial charge in [-0.3, -0.25) is 15.1 Å². The van der Waals surface area contributed by atoms with Crippen LogP contribution in [0.15, 0.2) is 47.2 Å². The van der Waals surface area contributed by atoms with Crippen LogP contribution >= 0.6 is 15.9 Å². The highest BCUT2D eigenvalue weighted by Gasteiger charge is 2.17. The Morgan fingerprint density at radius 2 is 2.00 bits per heavy atom. The van der Waals surface area contributed by atoms with Crippen LogP contribution in [0.1, 0.15) is 5.56 Å². The summed E-state index contributed by atoms with van der Waals surface area (Å²) < 4.78 is 0.704. The van der Waals surface area contributed by atoms with Gasteiger partial charge < -0.3 is 4.90 Å². The molecular weight excluding hydrogens is 322 g/mol. The predicted octanol–water partition coefficient (Wildman–Crippen LogP) is 3.43. The zero-order valence-corrected chi connectivity index (χ0v) is 12.6. The van der Waals surface area contributed by atoms with Crippen LogP contribution in [0.5, 0.6) is 0 Å². The van der Waals surface area contributed by atoms with Crippen LogP contribution < -0.4 is 4.90 Å². The first-order chi connectivity index (χ1) is 9.58. The van der Waals surface area contributed by atoms with Crippen LogP contribution in [0.4, 0.5) is 11.4 Å². The number of likely N-dealkylation sites (N-methyl/N-ethyl adjacent to an activating group) is 1. The van der Waals surface area contributed by atoms with Crippen molar-refractivity contribution in [1.82, 2.24) is 4.98 Å². The molecule has 0 aliphatic heterocycles. The highest BCUT2D eigenvalue weighted by atomic mass is 79.9. The van der Waals surface area contributed by atoms with E-state index in [9.17, 15) is 10.1 Å². The van der Waals surface area contributed by atoms with Crippen molar-refractivity contribution in [2.75, 3.05) is 18.5 Å². The fourth-order valence-corrected chi connectivity index (χ4v) is 2.28. The van der Waals surface area contributed by atoms with Crippen LogP contribution in [0, 0.1) is 10.1 Å². The van der Waals surface area contributed by atoms with Gasteiger partial charge in [0.05, 0.1) is 4.92 Å². The summed E-state index contributed by atoms with van der Waals surface area (Å²) in [6, 6.07) is 8.99. The Bertz CT molecular complexity index is 605.